The van der Waals surface area contributed by atoms with Crippen molar-refractivity contribution in [2.45, 2.75) is 70.2 Å². The average Bonchev–Trinajstić information content (AvgIpc) is 3.23. The Morgan fingerprint density at radius 1 is 1.12 bits per heavy atom. The van der Waals surface area contributed by atoms with E-state index in [1.54, 1.807) is 0 Å². The minimum atomic E-state index is -0.107. The summed E-state index contributed by atoms with van der Waals surface area (Å²) < 4.78 is 8.11. The third-order valence-electron chi connectivity index (χ3n) is 7.22. The van der Waals surface area contributed by atoms with E-state index in [0.717, 1.165) is 98.8 Å². The molecule has 3 atom stereocenters. The molecule has 174 valence electrons. The fraction of sp³-hybridized carbons (Fsp3) is 0.583. The number of hydrogen-bond donors (Lipinski definition) is 1. The van der Waals surface area contributed by atoms with Crippen LogP contribution in [0.2, 0.25) is 0 Å². The lowest BCUT2D eigenvalue weighted by atomic mass is 9.99. The molecule has 0 spiro atoms. The maximum Gasteiger partial charge on any atom is 0.183 e. The van der Waals surface area contributed by atoms with Crippen molar-refractivity contribution in [3.63, 3.8) is 0 Å². The van der Waals surface area contributed by atoms with Crippen molar-refractivity contribution < 1.29 is 4.74 Å². The van der Waals surface area contributed by atoms with Crippen LogP contribution in [0.1, 0.15) is 57.4 Å². The molecule has 33 heavy (non-hydrogen) atoms. The summed E-state index contributed by atoms with van der Waals surface area (Å²) in [6, 6.07) is 4.72. The Morgan fingerprint density at radius 3 is 2.91 bits per heavy atom. The van der Waals surface area contributed by atoms with Gasteiger partial charge in [0.15, 0.2) is 23.2 Å². The molecule has 9 nitrogen and oxygen atoms in total. The predicted molar refractivity (Wildman–Crippen MR) is 128 cm³/mol. The van der Waals surface area contributed by atoms with Crippen LogP contribution in [0.15, 0.2) is 24.5 Å². The molecule has 9 heteroatoms. The first-order chi connectivity index (χ1) is 16.2. The summed E-state index contributed by atoms with van der Waals surface area (Å²) in [5.74, 6) is 1.74. The number of aryl methyl sites for hydroxylation is 1. The van der Waals surface area contributed by atoms with Crippen LogP contribution in [0, 0.1) is 0 Å². The number of rotatable bonds is 3. The number of nitrogens with zero attached hydrogens (tertiary/aromatic N) is 7. The molecule has 0 aliphatic carbocycles. The highest BCUT2D eigenvalue weighted by Crippen LogP contribution is 2.37. The molecule has 2 unspecified atom stereocenters. The molecule has 2 fully saturated rings. The van der Waals surface area contributed by atoms with Gasteiger partial charge in [-0.3, -0.25) is 4.98 Å². The average molecular weight is 449 g/mol. The van der Waals surface area contributed by atoms with Gasteiger partial charge >= 0.3 is 0 Å². The van der Waals surface area contributed by atoms with Gasteiger partial charge in [0.25, 0.3) is 0 Å². The molecule has 0 saturated carbocycles. The summed E-state index contributed by atoms with van der Waals surface area (Å²) in [4.78, 5) is 19.2. The van der Waals surface area contributed by atoms with E-state index in [-0.39, 0.29) is 12.3 Å². The van der Waals surface area contributed by atoms with E-state index < -0.39 is 0 Å². The molecule has 6 heterocycles. The Balaban J connectivity index is 1.46. The first-order valence-corrected chi connectivity index (χ1v) is 12.3. The van der Waals surface area contributed by atoms with Gasteiger partial charge in [-0.15, -0.1) is 5.10 Å². The monoisotopic (exact) mass is 448 g/mol. The van der Waals surface area contributed by atoms with Crippen LogP contribution in [0.5, 0.6) is 0 Å². The third kappa shape index (κ3) is 3.73. The lowest BCUT2D eigenvalue weighted by Gasteiger charge is -2.37. The first kappa shape index (κ1) is 20.8. The second kappa shape index (κ2) is 8.53. The molecule has 0 bridgehead atoms. The van der Waals surface area contributed by atoms with Crippen LogP contribution in [0.25, 0.3) is 11.2 Å². The summed E-state index contributed by atoms with van der Waals surface area (Å²) in [7, 11) is 0. The highest BCUT2D eigenvalue weighted by atomic mass is 16.5. The van der Waals surface area contributed by atoms with E-state index in [1.807, 2.05) is 23.1 Å². The van der Waals surface area contributed by atoms with E-state index >= 15 is 0 Å². The second-order valence-electron chi connectivity index (χ2n) is 9.54. The van der Waals surface area contributed by atoms with E-state index in [1.165, 1.54) is 0 Å². The lowest BCUT2D eigenvalue weighted by Crippen LogP contribution is -2.46. The SMILES string of the molecule is C[C@@H]1CC(N)CCN1c1cnc2c(N3CCCc4ncccc43)nn(C3CCCCO3)c2n1. The molecule has 6 rings (SSSR count). The smallest absolute Gasteiger partial charge is 0.183 e. The molecule has 2 N–H and O–H groups in total. The van der Waals surface area contributed by atoms with Gasteiger partial charge in [-0.05, 0) is 64.0 Å². The molecule has 3 aromatic heterocycles. The number of pyridine rings is 1. The predicted octanol–water partition coefficient (Wildman–Crippen LogP) is 3.32. The summed E-state index contributed by atoms with van der Waals surface area (Å²) in [5.41, 5.74) is 10.1. The fourth-order valence-corrected chi connectivity index (χ4v) is 5.48. The zero-order chi connectivity index (χ0) is 22.4. The number of fused-ring (bicyclic) bond motifs is 2. The van der Waals surface area contributed by atoms with Gasteiger partial charge in [0.1, 0.15) is 5.82 Å². The molecule has 2 saturated heterocycles. The third-order valence-corrected chi connectivity index (χ3v) is 7.22. The van der Waals surface area contributed by atoms with Crippen LogP contribution in [0.4, 0.5) is 17.3 Å². The van der Waals surface area contributed by atoms with E-state index in [0.29, 0.717) is 6.04 Å². The highest BCUT2D eigenvalue weighted by Gasteiger charge is 2.30. The largest absolute Gasteiger partial charge is 0.356 e. The van der Waals surface area contributed by atoms with Crippen molar-refractivity contribution in [2.24, 2.45) is 5.73 Å². The number of piperidine rings is 1. The number of aromatic nitrogens is 5. The van der Waals surface area contributed by atoms with Crippen LogP contribution in [-0.2, 0) is 11.2 Å². The fourth-order valence-electron chi connectivity index (χ4n) is 5.48. The van der Waals surface area contributed by atoms with Crippen molar-refractivity contribution in [1.82, 2.24) is 24.7 Å². The molecule has 0 amide bonds. The Kier molecular flexibility index (Phi) is 5.38. The quantitative estimate of drug-likeness (QED) is 0.652. The molecule has 3 aromatic rings. The number of hydrogen-bond acceptors (Lipinski definition) is 8. The minimum absolute atomic E-state index is 0.107. The maximum atomic E-state index is 6.20. The van der Waals surface area contributed by atoms with Gasteiger partial charge < -0.3 is 20.3 Å². The molecule has 0 aromatic carbocycles. The van der Waals surface area contributed by atoms with Gasteiger partial charge in [0.2, 0.25) is 0 Å². The normalized spacial score (nSPS) is 25.9. The molecule has 3 aliphatic rings. The van der Waals surface area contributed by atoms with Gasteiger partial charge in [0.05, 0.1) is 17.6 Å². The van der Waals surface area contributed by atoms with Gasteiger partial charge in [0, 0.05) is 38.0 Å². The van der Waals surface area contributed by atoms with Crippen LogP contribution in [-0.4, -0.2) is 56.5 Å². The molecule has 0 radical (unpaired) electrons. The number of nitrogens with two attached hydrogens (primary N) is 1. The zero-order valence-corrected chi connectivity index (χ0v) is 19.2. The molecule has 3 aliphatic heterocycles. The van der Waals surface area contributed by atoms with E-state index in [4.69, 9.17) is 25.5 Å². The Hall–Kier alpha value is -2.78. The molecular formula is C24H32N8O. The van der Waals surface area contributed by atoms with Gasteiger partial charge in [-0.1, -0.05) is 0 Å². The summed E-state index contributed by atoms with van der Waals surface area (Å²) in [6.45, 7) is 4.76. The van der Waals surface area contributed by atoms with Crippen molar-refractivity contribution in [3.8, 4) is 0 Å². The Bertz CT molecular complexity index is 1140. The first-order valence-electron chi connectivity index (χ1n) is 12.3. The van der Waals surface area contributed by atoms with Crippen molar-refractivity contribution in [3.05, 3.63) is 30.2 Å². The maximum absolute atomic E-state index is 6.20. The summed E-state index contributed by atoms with van der Waals surface area (Å²) in [6.07, 6.45) is 10.8. The van der Waals surface area contributed by atoms with Crippen molar-refractivity contribution in [1.29, 1.82) is 0 Å². The van der Waals surface area contributed by atoms with Crippen LogP contribution < -0.4 is 15.5 Å². The van der Waals surface area contributed by atoms with Crippen molar-refractivity contribution in [2.75, 3.05) is 29.5 Å². The standard InChI is InChI=1S/C24H32N8O/c1-16-14-17(25)9-12-30(16)20-15-27-22-23(28-20)32(21-8-2-3-13-33-21)29-24(22)31-11-5-6-18-19(31)7-4-10-26-18/h4,7,10,15-17,21H,2-3,5-6,8-9,11-14,25H2,1H3/t16-,17?,21?/m1/s1. The summed E-state index contributed by atoms with van der Waals surface area (Å²) in [5, 5.41) is 5.08. The lowest BCUT2D eigenvalue weighted by molar-refractivity contribution is -0.0368. The Labute approximate surface area is 194 Å². The number of anilines is 3. The Morgan fingerprint density at radius 2 is 2.06 bits per heavy atom. The van der Waals surface area contributed by atoms with Crippen LogP contribution >= 0.6 is 0 Å². The van der Waals surface area contributed by atoms with E-state index in [2.05, 4.69) is 27.8 Å². The van der Waals surface area contributed by atoms with Crippen LogP contribution in [0.3, 0.4) is 0 Å². The van der Waals surface area contributed by atoms with Gasteiger partial charge in [-0.25, -0.2) is 14.6 Å². The van der Waals surface area contributed by atoms with E-state index in [9.17, 15) is 0 Å². The van der Waals surface area contributed by atoms with Gasteiger partial charge in [-0.2, -0.15) is 0 Å². The minimum Gasteiger partial charge on any atom is -0.356 e. The second-order valence-corrected chi connectivity index (χ2v) is 9.54. The number of ether oxygens (including phenoxy) is 1. The zero-order valence-electron chi connectivity index (χ0n) is 19.2. The highest BCUT2D eigenvalue weighted by molar-refractivity contribution is 5.88. The topological polar surface area (TPSA) is 98.2 Å². The van der Waals surface area contributed by atoms with Crippen molar-refractivity contribution >= 4 is 28.5 Å². The molecular weight excluding hydrogens is 416 g/mol. The summed E-state index contributed by atoms with van der Waals surface area (Å²) >= 11 is 0.